The van der Waals surface area contributed by atoms with Crippen LogP contribution in [0.2, 0.25) is 0 Å². The molecular weight excluding hydrogens is 367 g/mol. The molecule has 0 aromatic heterocycles. The molecule has 2 aromatic carbocycles. The summed E-state index contributed by atoms with van der Waals surface area (Å²) in [5.41, 5.74) is 2.59. The largest absolute Gasteiger partial charge is 0.375 e. The first kappa shape index (κ1) is 20.0. The maximum absolute atomic E-state index is 13.2. The van der Waals surface area contributed by atoms with Gasteiger partial charge in [-0.25, -0.2) is 4.39 Å². The van der Waals surface area contributed by atoms with E-state index in [1.165, 1.54) is 17.7 Å². The van der Waals surface area contributed by atoms with E-state index in [0.717, 1.165) is 51.1 Å². The van der Waals surface area contributed by atoms with Crippen LogP contribution in [0, 0.1) is 17.2 Å². The first-order valence-corrected chi connectivity index (χ1v) is 10.4. The van der Waals surface area contributed by atoms with E-state index in [4.69, 9.17) is 4.74 Å². The van der Waals surface area contributed by atoms with Crippen LogP contribution in [0.1, 0.15) is 17.5 Å². The highest BCUT2D eigenvalue weighted by atomic mass is 19.1. The maximum Gasteiger partial charge on any atom is 0.248 e. The van der Waals surface area contributed by atoms with Gasteiger partial charge in [0.2, 0.25) is 5.91 Å². The second-order valence-electron chi connectivity index (χ2n) is 8.55. The van der Waals surface area contributed by atoms with Crippen LogP contribution in [0.25, 0.3) is 0 Å². The van der Waals surface area contributed by atoms with Gasteiger partial charge < -0.3 is 9.64 Å². The Balaban J connectivity index is 1.47. The molecule has 1 amide bonds. The number of carbonyl (C=O) groups excluding carboxylic acids is 1. The van der Waals surface area contributed by atoms with Gasteiger partial charge in [0.05, 0.1) is 0 Å². The Morgan fingerprint density at radius 2 is 1.83 bits per heavy atom. The van der Waals surface area contributed by atoms with Crippen molar-refractivity contribution in [1.29, 1.82) is 0 Å². The summed E-state index contributed by atoms with van der Waals surface area (Å²) >= 11 is 0. The number of aryl methyl sites for hydroxylation is 1. The van der Waals surface area contributed by atoms with E-state index in [-0.39, 0.29) is 23.7 Å². The molecule has 2 heterocycles. The number of benzene rings is 2. The summed E-state index contributed by atoms with van der Waals surface area (Å²) < 4.78 is 18.3. The van der Waals surface area contributed by atoms with E-state index in [9.17, 15) is 9.18 Å². The number of ether oxygens (including phenoxy) is 1. The molecule has 2 unspecified atom stereocenters. The normalized spacial score (nSPS) is 24.1. The average molecular weight is 397 g/mol. The minimum atomic E-state index is -0.196. The first-order valence-electron chi connectivity index (χ1n) is 10.4. The molecule has 5 heteroatoms. The fourth-order valence-electron chi connectivity index (χ4n) is 5.06. The van der Waals surface area contributed by atoms with E-state index in [1.807, 2.05) is 23.1 Å². The van der Waals surface area contributed by atoms with Gasteiger partial charge in [0.1, 0.15) is 12.4 Å². The molecule has 0 spiro atoms. The highest BCUT2D eigenvalue weighted by Crippen LogP contribution is 2.46. The lowest BCUT2D eigenvalue weighted by atomic mass is 9.76. The number of hydrogen-bond acceptors (Lipinski definition) is 3. The van der Waals surface area contributed by atoms with E-state index in [1.54, 1.807) is 7.11 Å². The van der Waals surface area contributed by atoms with Crippen LogP contribution >= 0.6 is 0 Å². The topological polar surface area (TPSA) is 32.8 Å². The Labute approximate surface area is 172 Å². The summed E-state index contributed by atoms with van der Waals surface area (Å²) in [4.78, 5) is 16.9. The number of nitrogens with zero attached hydrogens (tertiary/aromatic N) is 2. The van der Waals surface area contributed by atoms with E-state index < -0.39 is 0 Å². The third-order valence-electron chi connectivity index (χ3n) is 6.52. The van der Waals surface area contributed by atoms with E-state index >= 15 is 0 Å². The molecule has 4 nitrogen and oxygen atoms in total. The molecule has 2 aliphatic heterocycles. The molecule has 2 fully saturated rings. The lowest BCUT2D eigenvalue weighted by molar-refractivity contribution is -0.134. The summed E-state index contributed by atoms with van der Waals surface area (Å²) in [5.74, 6) is 0.359. The second kappa shape index (κ2) is 8.64. The number of fused-ring (bicyclic) bond motifs is 1. The zero-order chi connectivity index (χ0) is 20.3. The van der Waals surface area contributed by atoms with Crippen molar-refractivity contribution in [2.45, 2.75) is 19.4 Å². The summed E-state index contributed by atoms with van der Waals surface area (Å²) in [6.07, 6.45) is 2.09. The lowest BCUT2D eigenvalue weighted by Gasteiger charge is -2.30. The molecule has 2 aromatic rings. The Morgan fingerprint density at radius 3 is 2.55 bits per heavy atom. The van der Waals surface area contributed by atoms with Gasteiger partial charge in [-0.2, -0.15) is 0 Å². The van der Waals surface area contributed by atoms with Gasteiger partial charge in [0, 0.05) is 45.2 Å². The van der Waals surface area contributed by atoms with Crippen molar-refractivity contribution in [3.05, 3.63) is 71.5 Å². The fraction of sp³-hybridized carbons (Fsp3) is 0.458. The number of hydrogen-bond donors (Lipinski definition) is 0. The van der Waals surface area contributed by atoms with Crippen LogP contribution in [0.15, 0.2) is 54.6 Å². The molecule has 0 aliphatic carbocycles. The molecule has 2 atom stereocenters. The average Bonchev–Trinajstić information content (AvgIpc) is 3.23. The zero-order valence-electron chi connectivity index (χ0n) is 17.0. The molecule has 2 saturated heterocycles. The van der Waals surface area contributed by atoms with Gasteiger partial charge in [-0.3, -0.25) is 9.69 Å². The Morgan fingerprint density at radius 1 is 1.07 bits per heavy atom. The van der Waals surface area contributed by atoms with Crippen LogP contribution in [0.4, 0.5) is 4.39 Å². The first-order chi connectivity index (χ1) is 14.1. The number of rotatable bonds is 7. The minimum Gasteiger partial charge on any atom is -0.375 e. The molecule has 2 aliphatic rings. The van der Waals surface area contributed by atoms with Crippen LogP contribution in [0.5, 0.6) is 0 Å². The van der Waals surface area contributed by atoms with Crippen molar-refractivity contribution in [1.82, 2.24) is 9.80 Å². The smallest absolute Gasteiger partial charge is 0.248 e. The number of likely N-dealkylation sites (tertiary alicyclic amines) is 2. The van der Waals surface area contributed by atoms with Crippen molar-refractivity contribution in [3.63, 3.8) is 0 Å². The summed E-state index contributed by atoms with van der Waals surface area (Å²) in [5, 5.41) is 0. The third-order valence-corrected chi connectivity index (χ3v) is 6.52. The number of methoxy groups -OCH3 is 1. The minimum absolute atomic E-state index is 0.0890. The Hall–Kier alpha value is -2.24. The highest BCUT2D eigenvalue weighted by molar-refractivity contribution is 5.78. The van der Waals surface area contributed by atoms with E-state index in [0.29, 0.717) is 5.92 Å². The highest BCUT2D eigenvalue weighted by Gasteiger charge is 2.52. The molecule has 0 saturated carbocycles. The summed E-state index contributed by atoms with van der Waals surface area (Å²) in [6.45, 7) is 4.53. The van der Waals surface area contributed by atoms with Crippen LogP contribution < -0.4 is 0 Å². The predicted molar refractivity (Wildman–Crippen MR) is 111 cm³/mol. The van der Waals surface area contributed by atoms with E-state index in [2.05, 4.69) is 29.2 Å². The van der Waals surface area contributed by atoms with Crippen molar-refractivity contribution < 1.29 is 13.9 Å². The van der Waals surface area contributed by atoms with Crippen molar-refractivity contribution in [3.8, 4) is 0 Å². The number of carbonyl (C=O) groups is 1. The van der Waals surface area contributed by atoms with Crippen LogP contribution in [-0.4, -0.2) is 55.6 Å². The maximum atomic E-state index is 13.2. The van der Waals surface area contributed by atoms with Gasteiger partial charge in [-0.1, -0.05) is 42.5 Å². The van der Waals surface area contributed by atoms with Crippen molar-refractivity contribution >= 4 is 5.91 Å². The van der Waals surface area contributed by atoms with Gasteiger partial charge in [0.15, 0.2) is 0 Å². The standard InChI is InChI=1S/C24H29FN2O2/c1-29-16-23(28)27-15-21-14-26(13-20-7-9-22(25)10-8-20)17-24(21,18-27)12-11-19-5-3-2-4-6-19/h2-10,21H,11-18H2,1H3. The lowest BCUT2D eigenvalue weighted by Crippen LogP contribution is -2.38. The fourth-order valence-corrected chi connectivity index (χ4v) is 5.06. The SMILES string of the molecule is COCC(=O)N1CC2CN(Cc3ccc(F)cc3)CC2(CCc2ccccc2)C1. The molecule has 154 valence electrons. The molecule has 0 bridgehead atoms. The summed E-state index contributed by atoms with van der Waals surface area (Å²) in [6, 6.07) is 17.4. The molecular formula is C24H29FN2O2. The Bertz CT molecular complexity index is 827. The third kappa shape index (κ3) is 4.51. The number of amides is 1. The van der Waals surface area contributed by atoms with Gasteiger partial charge in [-0.05, 0) is 42.0 Å². The van der Waals surface area contributed by atoms with Crippen molar-refractivity contribution in [2.75, 3.05) is 39.9 Å². The quantitative estimate of drug-likeness (QED) is 0.719. The Kier molecular flexibility index (Phi) is 5.97. The van der Waals surface area contributed by atoms with Gasteiger partial charge >= 0.3 is 0 Å². The van der Waals surface area contributed by atoms with Gasteiger partial charge in [0.25, 0.3) is 0 Å². The zero-order valence-corrected chi connectivity index (χ0v) is 17.0. The van der Waals surface area contributed by atoms with Crippen LogP contribution in [-0.2, 0) is 22.5 Å². The predicted octanol–water partition coefficient (Wildman–Crippen LogP) is 3.37. The molecule has 29 heavy (non-hydrogen) atoms. The molecule has 0 radical (unpaired) electrons. The molecule has 4 rings (SSSR count). The van der Waals surface area contributed by atoms with Crippen molar-refractivity contribution in [2.24, 2.45) is 11.3 Å². The summed E-state index contributed by atoms with van der Waals surface area (Å²) in [7, 11) is 1.57. The van der Waals surface area contributed by atoms with Gasteiger partial charge in [-0.15, -0.1) is 0 Å². The number of halogens is 1. The second-order valence-corrected chi connectivity index (χ2v) is 8.55. The monoisotopic (exact) mass is 396 g/mol. The molecule has 0 N–H and O–H groups in total. The van der Waals surface area contributed by atoms with Crippen LogP contribution in [0.3, 0.4) is 0 Å².